The molecule has 0 atom stereocenters. The van der Waals surface area contributed by atoms with Crippen LogP contribution < -0.4 is 15.7 Å². The first-order valence-corrected chi connectivity index (χ1v) is 11.8. The van der Waals surface area contributed by atoms with Gasteiger partial charge in [0.05, 0.1) is 11.6 Å². The van der Waals surface area contributed by atoms with Gasteiger partial charge in [-0.05, 0) is 36.2 Å². The van der Waals surface area contributed by atoms with Crippen molar-refractivity contribution in [3.63, 3.8) is 0 Å². The van der Waals surface area contributed by atoms with Crippen LogP contribution in [-0.2, 0) is 0 Å². The van der Waals surface area contributed by atoms with Crippen molar-refractivity contribution in [2.24, 2.45) is 0 Å². The maximum absolute atomic E-state index is 12.0. The Kier molecular flexibility index (Phi) is 7.08. The largest absolute Gasteiger partial charge is 0.478 e. The highest BCUT2D eigenvalue weighted by molar-refractivity contribution is 6.07. The van der Waals surface area contributed by atoms with Gasteiger partial charge in [-0.25, -0.2) is 9.79 Å². The van der Waals surface area contributed by atoms with Gasteiger partial charge in [0.1, 0.15) is 17.9 Å². The molecule has 4 rings (SSSR count). The number of benzene rings is 3. The molecular weight excluding hydrogens is 412 g/mol. The molecule has 0 fully saturated rings. The van der Waals surface area contributed by atoms with Crippen molar-refractivity contribution in [1.29, 1.82) is 0 Å². The predicted octanol–water partition coefficient (Wildman–Crippen LogP) is 4.90. The van der Waals surface area contributed by atoms with Gasteiger partial charge in [-0.3, -0.25) is 0 Å². The molecular formula is C28H31N2O3+. The van der Waals surface area contributed by atoms with Gasteiger partial charge >= 0.3 is 5.97 Å². The number of carbonyl (C=O) groups is 1. The van der Waals surface area contributed by atoms with Crippen LogP contribution in [0.2, 0.25) is 0 Å². The Balaban J connectivity index is 1.96. The summed E-state index contributed by atoms with van der Waals surface area (Å²) in [4.78, 5) is 15.5. The first kappa shape index (κ1) is 22.6. The average Bonchev–Trinajstić information content (AvgIpc) is 2.82. The standard InChI is InChI=1S/C28H30N2O3/c1-3-5-15-29-19-11-13-23-25(17-19)33-26-18-20(30-16-6-4-2)12-14-24(26)27(23)21-9-7-8-10-22(21)28(31)32/h7-14,17-18,29H,3-6,15-16H2,1-2H3,(H,31,32)/p+1. The second-order valence-corrected chi connectivity index (χ2v) is 8.31. The SMILES string of the molecule is CCCCNc1ccc2c(-c3ccccc3C(=O)O)c3ccc(=[NH+]CCCC)cc-3oc2c1. The summed E-state index contributed by atoms with van der Waals surface area (Å²) in [6.45, 7) is 6.13. The number of fused-ring (bicyclic) bond motifs is 2. The molecule has 1 aliphatic carbocycles. The van der Waals surface area contributed by atoms with Gasteiger partial charge in [0.15, 0.2) is 0 Å². The van der Waals surface area contributed by atoms with Gasteiger partial charge in [-0.15, -0.1) is 0 Å². The van der Waals surface area contributed by atoms with E-state index in [9.17, 15) is 9.90 Å². The highest BCUT2D eigenvalue weighted by Gasteiger charge is 2.21. The Morgan fingerprint density at radius 3 is 2.58 bits per heavy atom. The van der Waals surface area contributed by atoms with E-state index in [1.165, 1.54) is 0 Å². The molecule has 0 aromatic heterocycles. The number of hydrogen-bond acceptors (Lipinski definition) is 3. The lowest BCUT2D eigenvalue weighted by Gasteiger charge is -2.17. The molecule has 0 saturated carbocycles. The van der Waals surface area contributed by atoms with E-state index >= 15 is 0 Å². The summed E-state index contributed by atoms with van der Waals surface area (Å²) in [5, 5.41) is 15.2. The minimum absolute atomic E-state index is 0.279. The van der Waals surface area contributed by atoms with Crippen LogP contribution in [0, 0.1) is 0 Å². The fourth-order valence-electron chi connectivity index (χ4n) is 4.11. The maximum atomic E-state index is 12.0. The monoisotopic (exact) mass is 443 g/mol. The van der Waals surface area contributed by atoms with Crippen LogP contribution in [0.5, 0.6) is 0 Å². The van der Waals surface area contributed by atoms with Gasteiger partial charge < -0.3 is 14.8 Å². The first-order chi connectivity index (χ1) is 16.1. The highest BCUT2D eigenvalue weighted by atomic mass is 16.4. The zero-order valence-electron chi connectivity index (χ0n) is 19.3. The number of nitrogens with one attached hydrogen (secondary N) is 2. The molecule has 0 bridgehead atoms. The Morgan fingerprint density at radius 1 is 0.970 bits per heavy atom. The molecule has 33 heavy (non-hydrogen) atoms. The van der Waals surface area contributed by atoms with Crippen molar-refractivity contribution in [1.82, 2.24) is 0 Å². The number of carboxylic acid groups (broad SMARTS) is 1. The van der Waals surface area contributed by atoms with Crippen molar-refractivity contribution < 1.29 is 19.3 Å². The molecule has 5 heteroatoms. The Bertz CT molecular complexity index is 1310. The van der Waals surface area contributed by atoms with Crippen molar-refractivity contribution in [3.05, 3.63) is 71.6 Å². The second kappa shape index (κ2) is 10.3. The van der Waals surface area contributed by atoms with E-state index in [0.29, 0.717) is 5.56 Å². The van der Waals surface area contributed by atoms with Gasteiger partial charge in [0, 0.05) is 47.3 Å². The third-order valence-electron chi connectivity index (χ3n) is 5.87. The molecule has 0 spiro atoms. The molecule has 5 nitrogen and oxygen atoms in total. The number of aromatic carboxylic acids is 1. The Hall–Kier alpha value is -3.60. The Morgan fingerprint density at radius 2 is 1.79 bits per heavy atom. The fourth-order valence-corrected chi connectivity index (χ4v) is 4.11. The van der Waals surface area contributed by atoms with Gasteiger partial charge in [-0.2, -0.15) is 0 Å². The fraction of sp³-hybridized carbons (Fsp3) is 0.286. The van der Waals surface area contributed by atoms with E-state index in [-0.39, 0.29) is 5.56 Å². The smallest absolute Gasteiger partial charge is 0.336 e. The van der Waals surface area contributed by atoms with Crippen LogP contribution in [-0.4, -0.2) is 24.2 Å². The van der Waals surface area contributed by atoms with Crippen LogP contribution in [0.1, 0.15) is 49.9 Å². The quantitative estimate of drug-likeness (QED) is 0.254. The molecule has 2 aromatic rings. The summed E-state index contributed by atoms with van der Waals surface area (Å²) < 4.78 is 6.38. The normalized spacial score (nSPS) is 11.9. The van der Waals surface area contributed by atoms with Crippen molar-refractivity contribution in [2.75, 3.05) is 18.4 Å². The topological polar surface area (TPSA) is 76.4 Å². The maximum Gasteiger partial charge on any atom is 0.336 e. The summed E-state index contributed by atoms with van der Waals surface area (Å²) in [5.74, 6) is -0.215. The average molecular weight is 444 g/mol. The summed E-state index contributed by atoms with van der Waals surface area (Å²) in [6.07, 6.45) is 4.44. The van der Waals surface area contributed by atoms with E-state index in [0.717, 1.165) is 77.7 Å². The molecule has 2 aromatic carbocycles. The van der Waals surface area contributed by atoms with Crippen LogP contribution in [0.15, 0.2) is 65.1 Å². The molecule has 1 aliphatic heterocycles. The molecule has 2 aliphatic rings. The lowest BCUT2D eigenvalue weighted by molar-refractivity contribution is -0.500. The van der Waals surface area contributed by atoms with Crippen LogP contribution in [0.4, 0.5) is 5.69 Å². The predicted molar refractivity (Wildman–Crippen MR) is 133 cm³/mol. The van der Waals surface area contributed by atoms with Crippen LogP contribution in [0.3, 0.4) is 0 Å². The van der Waals surface area contributed by atoms with Crippen molar-refractivity contribution in [2.45, 2.75) is 39.5 Å². The number of anilines is 1. The van der Waals surface area contributed by atoms with Gasteiger partial charge in [-0.1, -0.05) is 44.9 Å². The minimum Gasteiger partial charge on any atom is -0.478 e. The van der Waals surface area contributed by atoms with E-state index < -0.39 is 5.97 Å². The molecule has 170 valence electrons. The molecule has 0 amide bonds. The molecule has 0 radical (unpaired) electrons. The van der Waals surface area contributed by atoms with Crippen molar-refractivity contribution >= 4 is 22.6 Å². The third-order valence-corrected chi connectivity index (χ3v) is 5.87. The number of unbranched alkanes of at least 4 members (excludes halogenated alkanes) is 2. The number of carboxylic acids is 1. The summed E-state index contributed by atoms with van der Waals surface area (Å²) >= 11 is 0. The lowest BCUT2D eigenvalue weighted by Crippen LogP contribution is -2.76. The van der Waals surface area contributed by atoms with E-state index in [2.05, 4.69) is 24.2 Å². The highest BCUT2D eigenvalue weighted by Crippen LogP contribution is 2.41. The van der Waals surface area contributed by atoms with Crippen LogP contribution >= 0.6 is 0 Å². The zero-order valence-corrected chi connectivity index (χ0v) is 19.3. The summed E-state index contributed by atoms with van der Waals surface area (Å²) in [5.41, 5.74) is 4.46. The minimum atomic E-state index is -0.941. The summed E-state index contributed by atoms with van der Waals surface area (Å²) in [7, 11) is 0. The lowest BCUT2D eigenvalue weighted by atomic mass is 9.90. The molecule has 0 saturated heterocycles. The molecule has 1 heterocycles. The van der Waals surface area contributed by atoms with Gasteiger partial charge in [0.2, 0.25) is 5.36 Å². The second-order valence-electron chi connectivity index (χ2n) is 8.31. The molecule has 3 N–H and O–H groups in total. The van der Waals surface area contributed by atoms with E-state index in [1.807, 2.05) is 48.5 Å². The van der Waals surface area contributed by atoms with E-state index in [1.54, 1.807) is 12.1 Å². The number of rotatable bonds is 9. The first-order valence-electron chi connectivity index (χ1n) is 11.8. The number of hydrogen-bond donors (Lipinski definition) is 3. The van der Waals surface area contributed by atoms with E-state index in [4.69, 9.17) is 4.42 Å². The zero-order chi connectivity index (χ0) is 23.2. The van der Waals surface area contributed by atoms with Crippen molar-refractivity contribution in [3.8, 4) is 22.5 Å². The molecule has 0 unspecified atom stereocenters. The third kappa shape index (κ3) is 4.92. The summed E-state index contributed by atoms with van der Waals surface area (Å²) in [6, 6.07) is 19.3. The van der Waals surface area contributed by atoms with Crippen LogP contribution in [0.25, 0.3) is 33.4 Å². The Labute approximate surface area is 194 Å². The van der Waals surface area contributed by atoms with Gasteiger partial charge in [0.25, 0.3) is 0 Å².